The van der Waals surface area contributed by atoms with Crippen molar-refractivity contribution in [3.63, 3.8) is 0 Å². The molecule has 1 aliphatic rings. The predicted octanol–water partition coefficient (Wildman–Crippen LogP) is 0.394. The van der Waals surface area contributed by atoms with Gasteiger partial charge in [0, 0.05) is 18.7 Å². The second-order valence-electron chi connectivity index (χ2n) is 8.25. The molecule has 6 N–H and O–H groups in total. The van der Waals surface area contributed by atoms with Crippen molar-refractivity contribution in [2.45, 2.75) is 62.0 Å². The minimum absolute atomic E-state index is 0.0532. The molecule has 2 rings (SSSR count). The fraction of sp³-hybridized carbons (Fsp3) is 0.524. The van der Waals surface area contributed by atoms with Gasteiger partial charge in [-0.2, -0.15) is 0 Å². The molecule has 194 valence electrons. The smallest absolute Gasteiger partial charge is 0.326 e. The van der Waals surface area contributed by atoms with Crippen LogP contribution in [0.4, 0.5) is 0 Å². The van der Waals surface area contributed by atoms with E-state index in [1.807, 2.05) is 0 Å². The van der Waals surface area contributed by atoms with Gasteiger partial charge in [-0.05, 0) is 57.2 Å². The minimum atomic E-state index is -4.10. The van der Waals surface area contributed by atoms with Crippen molar-refractivity contribution in [1.82, 2.24) is 15.5 Å². The van der Waals surface area contributed by atoms with Gasteiger partial charge in [-0.3, -0.25) is 19.7 Å². The van der Waals surface area contributed by atoms with Crippen LogP contribution in [0.1, 0.15) is 49.4 Å². The first-order valence-electron chi connectivity index (χ1n) is 11.0. The van der Waals surface area contributed by atoms with Crippen LogP contribution in [0.15, 0.2) is 23.1 Å². The molecule has 0 bridgehead atoms. The van der Waals surface area contributed by atoms with Crippen LogP contribution in [0.25, 0.3) is 0 Å². The van der Waals surface area contributed by atoms with Crippen LogP contribution >= 0.6 is 11.6 Å². The number of halogens is 1. The number of carboxylic acid groups (broad SMARTS) is 2. The zero-order valence-electron chi connectivity index (χ0n) is 19.1. The van der Waals surface area contributed by atoms with Gasteiger partial charge < -0.3 is 20.4 Å². The molecule has 2 amide bonds. The fourth-order valence-electron chi connectivity index (χ4n) is 3.83. The number of carbonyl (C=O) groups excluding carboxylic acids is 2. The van der Waals surface area contributed by atoms with E-state index in [9.17, 15) is 37.8 Å². The van der Waals surface area contributed by atoms with Crippen LogP contribution < -0.4 is 15.8 Å². The summed E-state index contributed by atoms with van der Waals surface area (Å²) in [6, 6.07) is 0.857. The number of nitrogens with two attached hydrogens (primary N) is 1. The number of sulfonamides is 1. The number of carboxylic acids is 2. The van der Waals surface area contributed by atoms with Crippen molar-refractivity contribution in [3.8, 4) is 0 Å². The largest absolute Gasteiger partial charge is 0.480 e. The molecule has 3 atom stereocenters. The van der Waals surface area contributed by atoms with E-state index in [0.717, 1.165) is 6.07 Å². The third-order valence-electron chi connectivity index (χ3n) is 5.65. The van der Waals surface area contributed by atoms with E-state index in [0.29, 0.717) is 32.2 Å². The number of benzene rings is 1. The number of unbranched alkanes of at least 4 members (excludes halogenated alkanes) is 1. The van der Waals surface area contributed by atoms with Crippen molar-refractivity contribution in [3.05, 3.63) is 28.8 Å². The molecular formula is C21H29ClN4O8S. The Balaban J connectivity index is 1.83. The van der Waals surface area contributed by atoms with Gasteiger partial charge in [0.2, 0.25) is 15.9 Å². The molecule has 0 spiro atoms. The molecule has 0 aliphatic carbocycles. The minimum Gasteiger partial charge on any atom is -0.480 e. The molecule has 0 saturated carbocycles. The third kappa shape index (κ3) is 7.88. The average Bonchev–Trinajstić information content (AvgIpc) is 3.26. The number of hydrogen-bond acceptors (Lipinski definition) is 7. The maximum atomic E-state index is 12.6. The standard InChI is InChI=1S/C21H29ClN4O8S/c1-12(19(28)26-10-4-6-16(26)21(31)32)25-15(20(29)30)5-2-3-9-24-18(27)13-7-8-14(22)17(11-13)35(23,33)34/h7-8,11-12,15-16,25H,2-6,9-10H2,1H3,(H,24,27)(H,29,30)(H,31,32)(H2,23,33,34)/t12-,15-,16-/m0/s1. The van der Waals surface area contributed by atoms with Gasteiger partial charge >= 0.3 is 11.9 Å². The zero-order valence-corrected chi connectivity index (χ0v) is 20.6. The summed E-state index contributed by atoms with van der Waals surface area (Å²) in [4.78, 5) is 48.7. The number of aliphatic carboxylic acids is 2. The van der Waals surface area contributed by atoms with Crippen molar-refractivity contribution >= 4 is 45.4 Å². The molecule has 1 heterocycles. The van der Waals surface area contributed by atoms with E-state index in [1.54, 1.807) is 0 Å². The topological polar surface area (TPSA) is 196 Å². The molecule has 0 aromatic heterocycles. The first-order valence-corrected chi connectivity index (χ1v) is 12.9. The van der Waals surface area contributed by atoms with Gasteiger partial charge in [0.25, 0.3) is 5.91 Å². The Hall–Kier alpha value is -2.74. The lowest BCUT2D eigenvalue weighted by atomic mass is 10.1. The summed E-state index contributed by atoms with van der Waals surface area (Å²) in [5, 5.41) is 29.1. The van der Waals surface area contributed by atoms with Crippen LogP contribution in [0.5, 0.6) is 0 Å². The van der Waals surface area contributed by atoms with E-state index >= 15 is 0 Å². The predicted molar refractivity (Wildman–Crippen MR) is 125 cm³/mol. The molecule has 1 fully saturated rings. The van der Waals surface area contributed by atoms with Crippen molar-refractivity contribution < 1.29 is 37.8 Å². The van der Waals surface area contributed by atoms with Gasteiger partial charge in [-0.1, -0.05) is 11.6 Å². The molecule has 35 heavy (non-hydrogen) atoms. The highest BCUT2D eigenvalue weighted by Gasteiger charge is 2.36. The zero-order chi connectivity index (χ0) is 26.3. The maximum Gasteiger partial charge on any atom is 0.326 e. The van der Waals surface area contributed by atoms with Crippen LogP contribution in [-0.2, 0) is 24.4 Å². The van der Waals surface area contributed by atoms with E-state index in [2.05, 4.69) is 10.6 Å². The summed E-state index contributed by atoms with van der Waals surface area (Å²) in [6.07, 6.45) is 1.92. The second-order valence-corrected chi connectivity index (χ2v) is 10.2. The van der Waals surface area contributed by atoms with Crippen molar-refractivity contribution in [2.75, 3.05) is 13.1 Å². The summed E-state index contributed by atoms with van der Waals surface area (Å²) in [5.74, 6) is -3.24. The van der Waals surface area contributed by atoms with Gasteiger partial charge in [0.15, 0.2) is 0 Å². The molecule has 1 aliphatic heterocycles. The third-order valence-corrected chi connectivity index (χ3v) is 7.04. The molecule has 1 saturated heterocycles. The lowest BCUT2D eigenvalue weighted by Crippen LogP contribution is -2.53. The van der Waals surface area contributed by atoms with Gasteiger partial charge in [0.05, 0.1) is 11.1 Å². The second kappa shape index (κ2) is 12.3. The molecule has 12 nitrogen and oxygen atoms in total. The van der Waals surface area contributed by atoms with Crippen molar-refractivity contribution in [1.29, 1.82) is 0 Å². The Morgan fingerprint density at radius 3 is 2.51 bits per heavy atom. The van der Waals surface area contributed by atoms with Gasteiger partial charge in [-0.25, -0.2) is 18.4 Å². The lowest BCUT2D eigenvalue weighted by molar-refractivity contribution is -0.149. The summed E-state index contributed by atoms with van der Waals surface area (Å²) >= 11 is 5.80. The Labute approximate surface area is 207 Å². The number of rotatable bonds is 12. The average molecular weight is 533 g/mol. The first kappa shape index (κ1) is 28.5. The SMILES string of the molecule is C[C@H](N[C@@H](CCCCNC(=O)c1ccc(Cl)c(S(N)(=O)=O)c1)C(=O)O)C(=O)N1CCC[C@H]1C(=O)O. The Morgan fingerprint density at radius 1 is 1.23 bits per heavy atom. The summed E-state index contributed by atoms with van der Waals surface area (Å²) in [5.41, 5.74) is 0.0532. The van der Waals surface area contributed by atoms with Gasteiger partial charge in [0.1, 0.15) is 17.0 Å². The van der Waals surface area contributed by atoms with E-state index in [1.165, 1.54) is 24.0 Å². The van der Waals surface area contributed by atoms with E-state index in [-0.39, 0.29) is 28.4 Å². The number of hydrogen-bond donors (Lipinski definition) is 5. The molecular weight excluding hydrogens is 504 g/mol. The Kier molecular flexibility index (Phi) is 10.0. The Bertz CT molecular complexity index is 1080. The molecule has 14 heteroatoms. The lowest BCUT2D eigenvalue weighted by Gasteiger charge is -2.27. The van der Waals surface area contributed by atoms with Crippen LogP contribution in [0.3, 0.4) is 0 Å². The summed E-state index contributed by atoms with van der Waals surface area (Å²) < 4.78 is 23.1. The number of carbonyl (C=O) groups is 4. The van der Waals surface area contributed by atoms with Crippen molar-refractivity contribution in [2.24, 2.45) is 5.14 Å². The molecule has 1 aromatic rings. The highest BCUT2D eigenvalue weighted by atomic mass is 35.5. The number of nitrogens with one attached hydrogen (secondary N) is 2. The first-order chi connectivity index (χ1) is 16.3. The molecule has 0 radical (unpaired) electrons. The quantitative estimate of drug-likeness (QED) is 0.236. The molecule has 1 aromatic carbocycles. The fourth-order valence-corrected chi connectivity index (χ4v) is 4.90. The number of amides is 2. The van der Waals surface area contributed by atoms with Crippen LogP contribution in [0, 0.1) is 0 Å². The monoisotopic (exact) mass is 532 g/mol. The summed E-state index contributed by atoms with van der Waals surface area (Å²) in [7, 11) is -4.10. The Morgan fingerprint density at radius 2 is 1.91 bits per heavy atom. The number of primary sulfonamides is 1. The highest BCUT2D eigenvalue weighted by molar-refractivity contribution is 7.89. The maximum absolute atomic E-state index is 12.6. The van der Waals surface area contributed by atoms with Crippen LogP contribution in [-0.4, -0.2) is 78.5 Å². The van der Waals surface area contributed by atoms with E-state index in [4.69, 9.17) is 16.7 Å². The highest BCUT2D eigenvalue weighted by Crippen LogP contribution is 2.21. The van der Waals surface area contributed by atoms with Gasteiger partial charge in [-0.15, -0.1) is 0 Å². The summed E-state index contributed by atoms with van der Waals surface area (Å²) in [6.45, 7) is 2.00. The van der Waals surface area contributed by atoms with E-state index < -0.39 is 51.9 Å². The van der Waals surface area contributed by atoms with Crippen LogP contribution in [0.2, 0.25) is 5.02 Å². The number of nitrogens with zero attached hydrogens (tertiary/aromatic N) is 1. The molecule has 0 unspecified atom stereocenters. The normalized spacial score (nSPS) is 17.6. The number of likely N-dealkylation sites (tertiary alicyclic amines) is 1.